The van der Waals surface area contributed by atoms with Crippen LogP contribution in [0.2, 0.25) is 0 Å². The molecule has 2 rings (SSSR count). The van der Waals surface area contributed by atoms with Crippen LogP contribution >= 0.6 is 11.6 Å². The van der Waals surface area contributed by atoms with E-state index < -0.39 is 6.18 Å². The van der Waals surface area contributed by atoms with Crippen molar-refractivity contribution in [2.75, 3.05) is 5.88 Å². The summed E-state index contributed by atoms with van der Waals surface area (Å²) in [5.74, 6) is 0.200. The van der Waals surface area contributed by atoms with Gasteiger partial charge < -0.3 is 0 Å². The van der Waals surface area contributed by atoms with E-state index in [1.807, 2.05) is 6.08 Å². The van der Waals surface area contributed by atoms with Crippen LogP contribution < -0.4 is 0 Å². The third-order valence-electron chi connectivity index (χ3n) is 3.70. The van der Waals surface area contributed by atoms with Gasteiger partial charge in [-0.05, 0) is 36.7 Å². The molecule has 1 unspecified atom stereocenters. The summed E-state index contributed by atoms with van der Waals surface area (Å²) in [6.45, 7) is 0. The van der Waals surface area contributed by atoms with Crippen molar-refractivity contribution < 1.29 is 13.2 Å². The monoisotopic (exact) mass is 264 g/mol. The van der Waals surface area contributed by atoms with Crippen molar-refractivity contribution >= 4 is 11.6 Å². The average Bonchev–Trinajstić information content (AvgIpc) is 2.80. The number of hydrogen-bond donors (Lipinski definition) is 0. The zero-order valence-corrected chi connectivity index (χ0v) is 10.3. The third-order valence-corrected chi connectivity index (χ3v) is 4.09. The van der Waals surface area contributed by atoms with Crippen LogP contribution in [0.15, 0.2) is 23.3 Å². The summed E-state index contributed by atoms with van der Waals surface area (Å²) in [7, 11) is 0. The predicted molar refractivity (Wildman–Crippen MR) is 63.0 cm³/mol. The molecule has 0 aromatic rings. The van der Waals surface area contributed by atoms with Crippen LogP contribution in [0.1, 0.15) is 32.1 Å². The number of rotatable bonds is 2. The van der Waals surface area contributed by atoms with E-state index in [9.17, 15) is 13.2 Å². The van der Waals surface area contributed by atoms with Crippen molar-refractivity contribution in [3.63, 3.8) is 0 Å². The summed E-state index contributed by atoms with van der Waals surface area (Å²) in [4.78, 5) is 0. The number of alkyl halides is 4. The Hall–Kier alpha value is -0.440. The van der Waals surface area contributed by atoms with E-state index in [1.54, 1.807) is 6.08 Å². The highest BCUT2D eigenvalue weighted by atomic mass is 35.5. The Labute approximate surface area is 105 Å². The van der Waals surface area contributed by atoms with Crippen LogP contribution in [0, 0.1) is 11.8 Å². The third kappa shape index (κ3) is 2.87. The summed E-state index contributed by atoms with van der Waals surface area (Å²) < 4.78 is 39.1. The fraction of sp³-hybridized carbons (Fsp3) is 0.692. The lowest BCUT2D eigenvalue weighted by Gasteiger charge is -2.26. The summed E-state index contributed by atoms with van der Waals surface area (Å²) in [6.07, 6.45) is 3.25. The first kappa shape index (κ1) is 13.0. The maximum atomic E-state index is 13.0. The second kappa shape index (κ2) is 5.05. The molecule has 4 heteroatoms. The van der Waals surface area contributed by atoms with Crippen molar-refractivity contribution in [1.29, 1.82) is 0 Å². The maximum Gasteiger partial charge on any atom is 0.412 e. The van der Waals surface area contributed by atoms with Gasteiger partial charge in [0.15, 0.2) is 0 Å². The van der Waals surface area contributed by atoms with Crippen molar-refractivity contribution in [2.24, 2.45) is 11.8 Å². The lowest BCUT2D eigenvalue weighted by atomic mass is 9.83. The summed E-state index contributed by atoms with van der Waals surface area (Å²) in [6, 6.07) is 0. The minimum atomic E-state index is -4.20. The van der Waals surface area contributed by atoms with Gasteiger partial charge in [-0.2, -0.15) is 13.2 Å². The van der Waals surface area contributed by atoms with Crippen molar-refractivity contribution in [3.8, 4) is 0 Å². The molecule has 0 heterocycles. The van der Waals surface area contributed by atoms with E-state index in [1.165, 1.54) is 0 Å². The van der Waals surface area contributed by atoms with E-state index in [4.69, 9.17) is 11.6 Å². The molecule has 17 heavy (non-hydrogen) atoms. The predicted octanol–water partition coefficient (Wildman–Crippen LogP) is 4.85. The van der Waals surface area contributed by atoms with Crippen LogP contribution in [0.5, 0.6) is 0 Å². The zero-order chi connectivity index (χ0) is 12.5. The number of hydrogen-bond acceptors (Lipinski definition) is 0. The van der Waals surface area contributed by atoms with Crippen molar-refractivity contribution in [1.82, 2.24) is 0 Å². The molecule has 96 valence electrons. The molecule has 0 spiro atoms. The average molecular weight is 265 g/mol. The molecule has 1 saturated carbocycles. The largest absolute Gasteiger partial charge is 0.412 e. The van der Waals surface area contributed by atoms with Gasteiger partial charge in [0.25, 0.3) is 0 Å². The molecule has 0 nitrogen and oxygen atoms in total. The highest BCUT2D eigenvalue weighted by Crippen LogP contribution is 2.43. The quantitative estimate of drug-likeness (QED) is 0.626. The molecular weight excluding hydrogens is 249 g/mol. The van der Waals surface area contributed by atoms with Gasteiger partial charge in [0, 0.05) is 11.5 Å². The lowest BCUT2D eigenvalue weighted by Crippen LogP contribution is -2.22. The van der Waals surface area contributed by atoms with Crippen LogP contribution in [0.3, 0.4) is 0 Å². The lowest BCUT2D eigenvalue weighted by molar-refractivity contribution is -0.0961. The highest BCUT2D eigenvalue weighted by Gasteiger charge is 2.39. The maximum absolute atomic E-state index is 13.0. The molecule has 2 aliphatic rings. The smallest absolute Gasteiger partial charge is 0.166 e. The fourth-order valence-corrected chi connectivity index (χ4v) is 3.01. The second-order valence-electron chi connectivity index (χ2n) is 4.89. The zero-order valence-electron chi connectivity index (χ0n) is 9.56. The van der Waals surface area contributed by atoms with Crippen molar-refractivity contribution in [3.05, 3.63) is 23.3 Å². The van der Waals surface area contributed by atoms with Gasteiger partial charge in [-0.3, -0.25) is 0 Å². The van der Waals surface area contributed by atoms with Gasteiger partial charge in [-0.25, -0.2) is 0 Å². The topological polar surface area (TPSA) is 0 Å². The first-order valence-corrected chi connectivity index (χ1v) is 6.60. The molecule has 0 radical (unpaired) electrons. The molecule has 0 amide bonds. The highest BCUT2D eigenvalue weighted by molar-refractivity contribution is 6.18. The SMILES string of the molecule is FC(F)(F)C1=C(C2CCCC2)C=CC(CCl)C1. The minimum Gasteiger partial charge on any atom is -0.166 e. The Bertz CT molecular complexity index is 335. The van der Waals surface area contributed by atoms with Gasteiger partial charge >= 0.3 is 6.18 Å². The van der Waals surface area contributed by atoms with Gasteiger partial charge in [0.2, 0.25) is 0 Å². The summed E-state index contributed by atoms with van der Waals surface area (Å²) >= 11 is 5.66. The van der Waals surface area contributed by atoms with Crippen LogP contribution in [-0.4, -0.2) is 12.1 Å². The van der Waals surface area contributed by atoms with E-state index >= 15 is 0 Å². The van der Waals surface area contributed by atoms with Gasteiger partial charge in [0.1, 0.15) is 0 Å². The Morgan fingerprint density at radius 1 is 1.24 bits per heavy atom. The molecular formula is C13H16ClF3. The van der Waals surface area contributed by atoms with Gasteiger partial charge in [0.05, 0.1) is 0 Å². The van der Waals surface area contributed by atoms with Crippen LogP contribution in [-0.2, 0) is 0 Å². The Morgan fingerprint density at radius 3 is 2.41 bits per heavy atom. The van der Waals surface area contributed by atoms with E-state index in [0.717, 1.165) is 25.7 Å². The molecule has 0 aromatic heterocycles. The molecule has 1 atom stereocenters. The molecule has 0 bridgehead atoms. The van der Waals surface area contributed by atoms with Crippen LogP contribution in [0.4, 0.5) is 13.2 Å². The number of halogens is 4. The molecule has 1 fully saturated rings. The molecule has 0 saturated heterocycles. The van der Waals surface area contributed by atoms with E-state index in [-0.39, 0.29) is 29.7 Å². The second-order valence-corrected chi connectivity index (χ2v) is 5.20. The molecule has 0 N–H and O–H groups in total. The summed E-state index contributed by atoms with van der Waals surface area (Å²) in [5.41, 5.74) is 0.189. The molecule has 2 aliphatic carbocycles. The Balaban J connectivity index is 2.29. The number of allylic oxidation sites excluding steroid dienone is 4. The Kier molecular flexibility index (Phi) is 3.86. The first-order chi connectivity index (χ1) is 8.02. The van der Waals surface area contributed by atoms with Crippen LogP contribution in [0.25, 0.3) is 0 Å². The van der Waals surface area contributed by atoms with E-state index in [2.05, 4.69) is 0 Å². The minimum absolute atomic E-state index is 0.0509. The summed E-state index contributed by atoms with van der Waals surface area (Å²) in [5, 5.41) is 0. The normalized spacial score (nSPS) is 26.9. The molecule has 0 aliphatic heterocycles. The standard InChI is InChI=1S/C13H16ClF3/c14-8-9-5-6-11(10-3-1-2-4-10)12(7-9)13(15,16)17/h5-6,9-10H,1-4,7-8H2. The first-order valence-electron chi connectivity index (χ1n) is 6.06. The van der Waals surface area contributed by atoms with E-state index in [0.29, 0.717) is 5.57 Å². The van der Waals surface area contributed by atoms with Gasteiger partial charge in [-0.1, -0.05) is 25.0 Å². The Morgan fingerprint density at radius 2 is 1.88 bits per heavy atom. The van der Waals surface area contributed by atoms with Gasteiger partial charge in [-0.15, -0.1) is 11.6 Å². The van der Waals surface area contributed by atoms with Crippen molar-refractivity contribution in [2.45, 2.75) is 38.3 Å². The fourth-order valence-electron chi connectivity index (χ4n) is 2.79. The molecule has 0 aromatic carbocycles.